The van der Waals surface area contributed by atoms with Crippen LogP contribution in [0.2, 0.25) is 0 Å². The summed E-state index contributed by atoms with van der Waals surface area (Å²) in [5.41, 5.74) is -1.38. The van der Waals surface area contributed by atoms with Crippen LogP contribution in [0, 0.1) is 6.92 Å². The van der Waals surface area contributed by atoms with Gasteiger partial charge in [0.15, 0.2) is 0 Å². The molecule has 0 saturated heterocycles. The maximum Gasteiger partial charge on any atom is 0.350 e. The summed E-state index contributed by atoms with van der Waals surface area (Å²) in [6, 6.07) is 5.68. The highest BCUT2D eigenvalue weighted by molar-refractivity contribution is 7.90. The van der Waals surface area contributed by atoms with Gasteiger partial charge in [-0.25, -0.2) is 8.42 Å². The van der Waals surface area contributed by atoms with Crippen molar-refractivity contribution in [2.75, 3.05) is 12.0 Å². The number of sulfone groups is 1. The highest BCUT2D eigenvalue weighted by Gasteiger charge is 2.44. The minimum absolute atomic E-state index is 0.290. The smallest absolute Gasteiger partial charge is 0.345 e. The normalized spacial score (nSPS) is 13.0. The average molecular weight is 319 g/mol. The number of amides is 1. The first kappa shape index (κ1) is 17.6. The molecule has 0 radical (unpaired) electrons. The molecule has 0 atom stereocenters. The molecule has 0 fully saturated rings. The molecule has 1 aromatic rings. The van der Waals surface area contributed by atoms with Crippen molar-refractivity contribution in [2.24, 2.45) is 0 Å². The first-order valence-electron chi connectivity index (χ1n) is 6.29. The molecule has 0 aliphatic rings. The second-order valence-electron chi connectivity index (χ2n) is 5.80. The summed E-state index contributed by atoms with van der Waals surface area (Å²) in [6.45, 7) is 4.26. The van der Waals surface area contributed by atoms with Gasteiger partial charge in [-0.15, -0.1) is 0 Å². The number of nitrogens with one attached hydrogen (secondary N) is 1. The van der Waals surface area contributed by atoms with Gasteiger partial charge in [-0.1, -0.05) is 24.3 Å². The van der Waals surface area contributed by atoms with Gasteiger partial charge in [-0.2, -0.15) is 8.78 Å². The van der Waals surface area contributed by atoms with Gasteiger partial charge in [0.1, 0.15) is 9.84 Å². The fourth-order valence-electron chi connectivity index (χ4n) is 2.12. The Morgan fingerprint density at radius 2 is 1.76 bits per heavy atom. The minimum atomic E-state index is -3.72. The lowest BCUT2D eigenvalue weighted by molar-refractivity contribution is -0.148. The Kier molecular flexibility index (Phi) is 4.77. The Bertz CT molecular complexity index is 639. The molecule has 0 bridgehead atoms. The van der Waals surface area contributed by atoms with Gasteiger partial charge in [0.2, 0.25) is 0 Å². The van der Waals surface area contributed by atoms with E-state index in [1.165, 1.54) is 39.0 Å². The van der Waals surface area contributed by atoms with Crippen LogP contribution in [0.5, 0.6) is 0 Å². The zero-order chi connectivity index (χ0) is 16.5. The van der Waals surface area contributed by atoms with Crippen LogP contribution >= 0.6 is 0 Å². The van der Waals surface area contributed by atoms with E-state index in [4.69, 9.17) is 0 Å². The van der Waals surface area contributed by atoms with Crippen molar-refractivity contribution in [3.63, 3.8) is 0 Å². The van der Waals surface area contributed by atoms with Crippen molar-refractivity contribution in [3.8, 4) is 0 Å². The maximum atomic E-state index is 14.2. The molecule has 4 nitrogen and oxygen atoms in total. The third kappa shape index (κ3) is 4.77. The van der Waals surface area contributed by atoms with Gasteiger partial charge in [-0.05, 0) is 26.3 Å². The van der Waals surface area contributed by atoms with Crippen molar-refractivity contribution in [1.82, 2.24) is 5.32 Å². The predicted octanol–water partition coefficient (Wildman–Crippen LogP) is 2.03. The van der Waals surface area contributed by atoms with E-state index >= 15 is 0 Å². The summed E-state index contributed by atoms with van der Waals surface area (Å²) in [5.74, 6) is -5.65. The van der Waals surface area contributed by atoms with Crippen LogP contribution in [0.1, 0.15) is 25.0 Å². The van der Waals surface area contributed by atoms with Gasteiger partial charge in [0.25, 0.3) is 5.91 Å². The fourth-order valence-corrected chi connectivity index (χ4v) is 3.51. The molecule has 0 spiro atoms. The summed E-state index contributed by atoms with van der Waals surface area (Å²) >= 11 is 0. The predicted molar refractivity (Wildman–Crippen MR) is 77.0 cm³/mol. The Hall–Kier alpha value is -1.50. The average Bonchev–Trinajstić information content (AvgIpc) is 2.24. The molecule has 0 aliphatic carbocycles. The van der Waals surface area contributed by atoms with Crippen LogP contribution in [0.25, 0.3) is 0 Å². The molecule has 1 rings (SSSR count). The first-order valence-corrected chi connectivity index (χ1v) is 8.35. The topological polar surface area (TPSA) is 63.2 Å². The zero-order valence-corrected chi connectivity index (χ0v) is 13.2. The number of benzene rings is 1. The summed E-state index contributed by atoms with van der Waals surface area (Å²) in [5, 5.41) is 2.11. The van der Waals surface area contributed by atoms with Crippen LogP contribution in [-0.2, 0) is 20.6 Å². The van der Waals surface area contributed by atoms with Crippen LogP contribution in [0.3, 0.4) is 0 Å². The molecule has 0 aliphatic heterocycles. The first-order chi connectivity index (χ1) is 9.35. The molecular weight excluding hydrogens is 300 g/mol. The molecule has 0 saturated carbocycles. The van der Waals surface area contributed by atoms with Crippen molar-refractivity contribution in [1.29, 1.82) is 0 Å². The molecule has 21 heavy (non-hydrogen) atoms. The molecule has 118 valence electrons. The van der Waals surface area contributed by atoms with E-state index in [2.05, 4.69) is 5.32 Å². The van der Waals surface area contributed by atoms with Crippen LogP contribution < -0.4 is 5.32 Å². The van der Waals surface area contributed by atoms with Gasteiger partial charge in [-0.3, -0.25) is 4.79 Å². The highest BCUT2D eigenvalue weighted by Crippen LogP contribution is 2.31. The van der Waals surface area contributed by atoms with Gasteiger partial charge < -0.3 is 5.32 Å². The largest absolute Gasteiger partial charge is 0.350 e. The van der Waals surface area contributed by atoms with E-state index in [1.54, 1.807) is 6.07 Å². The third-order valence-corrected chi connectivity index (χ3v) is 4.09. The molecular formula is C14H19F2NO3S. The van der Waals surface area contributed by atoms with E-state index in [0.717, 1.165) is 6.26 Å². The minimum Gasteiger partial charge on any atom is -0.345 e. The Labute approximate surface area is 123 Å². The van der Waals surface area contributed by atoms with E-state index < -0.39 is 38.5 Å². The highest BCUT2D eigenvalue weighted by atomic mass is 32.2. The Morgan fingerprint density at radius 3 is 2.24 bits per heavy atom. The number of hydrogen-bond acceptors (Lipinski definition) is 3. The van der Waals surface area contributed by atoms with Crippen molar-refractivity contribution >= 4 is 15.7 Å². The monoisotopic (exact) mass is 319 g/mol. The van der Waals surface area contributed by atoms with Crippen molar-refractivity contribution in [2.45, 2.75) is 32.2 Å². The Morgan fingerprint density at radius 1 is 1.24 bits per heavy atom. The summed E-state index contributed by atoms with van der Waals surface area (Å²) < 4.78 is 51.0. The number of alkyl halides is 2. The number of carbonyl (C=O) groups excluding carboxylic acids is 1. The standard InChI is InChI=1S/C14H19F2NO3S/c1-10-7-5-6-8-11(10)14(15,16)12(18)17-13(2,3)9-21(4,19)20/h5-8H,9H2,1-4H3,(H,17,18). The molecule has 7 heteroatoms. The number of rotatable bonds is 5. The molecule has 0 heterocycles. The van der Waals surface area contributed by atoms with Gasteiger partial charge >= 0.3 is 5.92 Å². The molecule has 1 N–H and O–H groups in total. The summed E-state index contributed by atoms with van der Waals surface area (Å²) in [4.78, 5) is 11.9. The number of aryl methyl sites for hydroxylation is 1. The van der Waals surface area contributed by atoms with Crippen molar-refractivity contribution < 1.29 is 22.0 Å². The van der Waals surface area contributed by atoms with E-state index in [9.17, 15) is 22.0 Å². The van der Waals surface area contributed by atoms with Crippen molar-refractivity contribution in [3.05, 3.63) is 35.4 Å². The van der Waals surface area contributed by atoms with Crippen LogP contribution in [-0.4, -0.2) is 31.9 Å². The zero-order valence-electron chi connectivity index (χ0n) is 12.4. The van der Waals surface area contributed by atoms with Gasteiger partial charge in [0.05, 0.1) is 5.75 Å². The summed E-state index contributed by atoms with van der Waals surface area (Å²) in [6.07, 6.45) is 0.987. The molecule has 1 aromatic carbocycles. The second-order valence-corrected chi connectivity index (χ2v) is 7.94. The number of hydrogen-bond donors (Lipinski definition) is 1. The summed E-state index contributed by atoms with van der Waals surface area (Å²) in [7, 11) is -3.41. The number of halogens is 2. The Balaban J connectivity index is 3.00. The number of carbonyl (C=O) groups is 1. The lowest BCUT2D eigenvalue weighted by atomic mass is 10.0. The lowest BCUT2D eigenvalue weighted by Gasteiger charge is -2.28. The lowest BCUT2D eigenvalue weighted by Crippen LogP contribution is -2.52. The second kappa shape index (κ2) is 5.71. The van der Waals surface area contributed by atoms with Crippen LogP contribution in [0.4, 0.5) is 8.78 Å². The molecule has 0 aromatic heterocycles. The fraction of sp³-hybridized carbons (Fsp3) is 0.500. The van der Waals surface area contributed by atoms with E-state index in [1.807, 2.05) is 0 Å². The molecule has 1 amide bonds. The van der Waals surface area contributed by atoms with Crippen LogP contribution in [0.15, 0.2) is 24.3 Å². The third-order valence-electron chi connectivity index (χ3n) is 2.84. The van der Waals surface area contributed by atoms with E-state index in [0.29, 0.717) is 5.56 Å². The SMILES string of the molecule is Cc1ccccc1C(F)(F)C(=O)NC(C)(C)CS(C)(=O)=O. The maximum absolute atomic E-state index is 14.2. The van der Waals surface area contributed by atoms with Gasteiger partial charge in [0, 0.05) is 17.4 Å². The molecule has 0 unspecified atom stereocenters. The van der Waals surface area contributed by atoms with E-state index in [-0.39, 0.29) is 0 Å². The quantitative estimate of drug-likeness (QED) is 0.903.